The van der Waals surface area contributed by atoms with Gasteiger partial charge in [-0.3, -0.25) is 4.79 Å². The van der Waals surface area contributed by atoms with E-state index < -0.39 is 0 Å². The van der Waals surface area contributed by atoms with Crippen LogP contribution in [0.3, 0.4) is 0 Å². The normalized spacial score (nSPS) is 9.72. The maximum atomic E-state index is 11.9. The summed E-state index contributed by atoms with van der Waals surface area (Å²) in [6, 6.07) is 7.20. The number of carbonyl (C=O) groups is 1. The molecule has 98 valence electrons. The smallest absolute Gasteiger partial charge is 0.275 e. The monoisotopic (exact) mass is 248 g/mol. The fourth-order valence-corrected chi connectivity index (χ4v) is 1.33. The van der Waals surface area contributed by atoms with Crippen LogP contribution in [0.15, 0.2) is 29.4 Å². The number of amides is 1. The Morgan fingerprint density at radius 3 is 2.72 bits per heavy atom. The van der Waals surface area contributed by atoms with Crippen LogP contribution in [0.2, 0.25) is 0 Å². The molecule has 0 aliphatic carbocycles. The average molecular weight is 248 g/mol. The van der Waals surface area contributed by atoms with E-state index in [-0.39, 0.29) is 5.91 Å². The van der Waals surface area contributed by atoms with Crippen molar-refractivity contribution in [3.8, 4) is 5.75 Å². The van der Waals surface area contributed by atoms with Crippen molar-refractivity contribution in [3.05, 3.63) is 29.8 Å². The number of hydrazone groups is 1. The lowest BCUT2D eigenvalue weighted by molar-refractivity contribution is 0.0950. The number of hydrogen-bond donors (Lipinski definition) is 1. The van der Waals surface area contributed by atoms with Crippen LogP contribution in [0.4, 0.5) is 0 Å². The molecule has 0 aromatic heterocycles. The molecule has 1 rings (SSSR count). The van der Waals surface area contributed by atoms with E-state index in [0.717, 1.165) is 18.6 Å². The number of para-hydroxylation sites is 1. The van der Waals surface area contributed by atoms with Gasteiger partial charge in [-0.15, -0.1) is 0 Å². The van der Waals surface area contributed by atoms with Crippen LogP contribution < -0.4 is 10.2 Å². The minimum Gasteiger partial charge on any atom is -0.493 e. The summed E-state index contributed by atoms with van der Waals surface area (Å²) >= 11 is 0. The highest BCUT2D eigenvalue weighted by molar-refractivity contribution is 5.97. The SMILES string of the molecule is CCCCOc1ccccc1C(=O)NN=C(C)C. The van der Waals surface area contributed by atoms with Gasteiger partial charge in [-0.25, -0.2) is 5.43 Å². The van der Waals surface area contributed by atoms with E-state index in [1.54, 1.807) is 12.1 Å². The quantitative estimate of drug-likeness (QED) is 0.478. The summed E-state index contributed by atoms with van der Waals surface area (Å²) in [5.74, 6) is 0.357. The van der Waals surface area contributed by atoms with Gasteiger partial charge in [0.25, 0.3) is 5.91 Å². The summed E-state index contributed by atoms with van der Waals surface area (Å²) in [5.41, 5.74) is 3.81. The zero-order chi connectivity index (χ0) is 13.4. The van der Waals surface area contributed by atoms with Crippen LogP contribution >= 0.6 is 0 Å². The topological polar surface area (TPSA) is 50.7 Å². The minimum absolute atomic E-state index is 0.247. The van der Waals surface area contributed by atoms with E-state index in [0.29, 0.717) is 17.9 Å². The van der Waals surface area contributed by atoms with Gasteiger partial charge < -0.3 is 4.74 Å². The lowest BCUT2D eigenvalue weighted by Crippen LogP contribution is -2.19. The highest BCUT2D eigenvalue weighted by Crippen LogP contribution is 2.18. The minimum atomic E-state index is -0.247. The predicted octanol–water partition coefficient (Wildman–Crippen LogP) is 2.99. The molecule has 0 spiro atoms. The third kappa shape index (κ3) is 4.57. The first-order chi connectivity index (χ1) is 8.65. The van der Waals surface area contributed by atoms with E-state index in [1.165, 1.54) is 0 Å². The highest BCUT2D eigenvalue weighted by atomic mass is 16.5. The molecule has 0 saturated heterocycles. The summed E-state index contributed by atoms with van der Waals surface area (Å²) < 4.78 is 5.60. The van der Waals surface area contributed by atoms with Crippen LogP contribution in [0.5, 0.6) is 5.75 Å². The van der Waals surface area contributed by atoms with E-state index in [4.69, 9.17) is 4.74 Å². The average Bonchev–Trinajstić information content (AvgIpc) is 2.37. The van der Waals surface area contributed by atoms with Crippen molar-refractivity contribution in [3.63, 3.8) is 0 Å². The predicted molar refractivity (Wildman–Crippen MR) is 73.1 cm³/mol. The molecule has 1 aromatic carbocycles. The van der Waals surface area contributed by atoms with Gasteiger partial charge in [-0.1, -0.05) is 25.5 Å². The number of ether oxygens (including phenoxy) is 1. The Morgan fingerprint density at radius 2 is 2.06 bits per heavy atom. The Labute approximate surface area is 108 Å². The Morgan fingerprint density at radius 1 is 1.33 bits per heavy atom. The molecule has 0 aliphatic heterocycles. The Hall–Kier alpha value is -1.84. The molecule has 18 heavy (non-hydrogen) atoms. The van der Waals surface area contributed by atoms with Crippen molar-refractivity contribution in [1.29, 1.82) is 0 Å². The van der Waals surface area contributed by atoms with Crippen molar-refractivity contribution in [2.24, 2.45) is 5.10 Å². The molecule has 1 amide bonds. The van der Waals surface area contributed by atoms with Gasteiger partial charge in [-0.2, -0.15) is 5.10 Å². The van der Waals surface area contributed by atoms with Crippen LogP contribution in [0.1, 0.15) is 44.0 Å². The first kappa shape index (κ1) is 14.2. The fraction of sp³-hybridized carbons (Fsp3) is 0.429. The Balaban J connectivity index is 2.74. The maximum Gasteiger partial charge on any atom is 0.275 e. The van der Waals surface area contributed by atoms with Crippen LogP contribution in [0, 0.1) is 0 Å². The second kappa shape index (κ2) is 7.48. The van der Waals surface area contributed by atoms with E-state index in [2.05, 4.69) is 17.5 Å². The first-order valence-electron chi connectivity index (χ1n) is 6.18. The zero-order valence-electron chi connectivity index (χ0n) is 11.2. The van der Waals surface area contributed by atoms with Gasteiger partial charge in [0.1, 0.15) is 5.75 Å². The number of hydrogen-bond acceptors (Lipinski definition) is 3. The van der Waals surface area contributed by atoms with E-state index in [1.807, 2.05) is 26.0 Å². The number of nitrogens with zero attached hydrogens (tertiary/aromatic N) is 1. The van der Waals surface area contributed by atoms with Crippen LogP contribution in [-0.4, -0.2) is 18.2 Å². The molecule has 4 nitrogen and oxygen atoms in total. The lowest BCUT2D eigenvalue weighted by atomic mass is 10.2. The van der Waals surface area contributed by atoms with Crippen LogP contribution in [0.25, 0.3) is 0 Å². The molecular formula is C14H20N2O2. The second-order valence-electron chi connectivity index (χ2n) is 4.20. The zero-order valence-corrected chi connectivity index (χ0v) is 11.2. The van der Waals surface area contributed by atoms with Crippen molar-refractivity contribution >= 4 is 11.6 Å². The molecule has 0 saturated carbocycles. The third-order valence-electron chi connectivity index (χ3n) is 2.27. The molecule has 0 fully saturated rings. The number of nitrogens with one attached hydrogen (secondary N) is 1. The molecule has 0 bridgehead atoms. The molecule has 0 radical (unpaired) electrons. The Kier molecular flexibility index (Phi) is 5.91. The van der Waals surface area contributed by atoms with Crippen molar-refractivity contribution in [2.75, 3.05) is 6.61 Å². The van der Waals surface area contributed by atoms with Crippen molar-refractivity contribution in [1.82, 2.24) is 5.43 Å². The fourth-order valence-electron chi connectivity index (χ4n) is 1.33. The molecule has 1 aromatic rings. The Bertz CT molecular complexity index is 424. The lowest BCUT2D eigenvalue weighted by Gasteiger charge is -2.09. The standard InChI is InChI=1S/C14H20N2O2/c1-4-5-10-18-13-9-7-6-8-12(13)14(17)16-15-11(2)3/h6-9H,4-5,10H2,1-3H3,(H,16,17). The molecular weight excluding hydrogens is 228 g/mol. The molecule has 0 aliphatic rings. The number of rotatable bonds is 6. The van der Waals surface area contributed by atoms with Crippen molar-refractivity contribution in [2.45, 2.75) is 33.6 Å². The van der Waals surface area contributed by atoms with Gasteiger partial charge in [0.05, 0.1) is 12.2 Å². The summed E-state index contributed by atoms with van der Waals surface area (Å²) in [4.78, 5) is 11.9. The van der Waals surface area contributed by atoms with E-state index in [9.17, 15) is 4.79 Å². The number of unbranched alkanes of at least 4 members (excludes halogenated alkanes) is 1. The van der Waals surface area contributed by atoms with Crippen LogP contribution in [-0.2, 0) is 0 Å². The maximum absolute atomic E-state index is 11.9. The molecule has 0 atom stereocenters. The number of benzene rings is 1. The summed E-state index contributed by atoms with van der Waals surface area (Å²) in [7, 11) is 0. The van der Waals surface area contributed by atoms with Crippen molar-refractivity contribution < 1.29 is 9.53 Å². The van der Waals surface area contributed by atoms with E-state index >= 15 is 0 Å². The first-order valence-corrected chi connectivity index (χ1v) is 6.18. The third-order valence-corrected chi connectivity index (χ3v) is 2.27. The summed E-state index contributed by atoms with van der Waals surface area (Å²) in [6.45, 7) is 6.37. The van der Waals surface area contributed by atoms with Gasteiger partial charge in [0.2, 0.25) is 0 Å². The van der Waals surface area contributed by atoms with Gasteiger partial charge in [0, 0.05) is 5.71 Å². The van der Waals surface area contributed by atoms with Gasteiger partial charge >= 0.3 is 0 Å². The highest BCUT2D eigenvalue weighted by Gasteiger charge is 2.10. The molecule has 1 N–H and O–H groups in total. The molecule has 0 heterocycles. The number of carbonyl (C=O) groups excluding carboxylic acids is 1. The molecule has 4 heteroatoms. The molecule has 0 unspecified atom stereocenters. The largest absolute Gasteiger partial charge is 0.493 e. The summed E-state index contributed by atoms with van der Waals surface area (Å²) in [5, 5.41) is 3.90. The summed E-state index contributed by atoms with van der Waals surface area (Å²) in [6.07, 6.45) is 2.04. The van der Waals surface area contributed by atoms with Gasteiger partial charge in [-0.05, 0) is 32.4 Å². The second-order valence-corrected chi connectivity index (χ2v) is 4.20. The van der Waals surface area contributed by atoms with Gasteiger partial charge in [0.15, 0.2) is 0 Å².